The smallest absolute Gasteiger partial charge is 0.302 e. The summed E-state index contributed by atoms with van der Waals surface area (Å²) in [5.41, 5.74) is -1.15. The third kappa shape index (κ3) is 5.38. The van der Waals surface area contributed by atoms with Gasteiger partial charge >= 0.3 is 5.97 Å². The first kappa shape index (κ1) is 26.8. The highest BCUT2D eigenvalue weighted by atomic mass is 32.2. The van der Waals surface area contributed by atoms with Gasteiger partial charge < -0.3 is 9.64 Å². The van der Waals surface area contributed by atoms with Gasteiger partial charge in [0.1, 0.15) is 6.10 Å². The number of fused-ring (bicyclic) bond motifs is 2. The van der Waals surface area contributed by atoms with Gasteiger partial charge in [-0.1, -0.05) is 31.9 Å². The van der Waals surface area contributed by atoms with E-state index in [9.17, 15) is 27.6 Å². The molecule has 2 saturated carbocycles. The zero-order chi connectivity index (χ0) is 26.3. The number of nitrogens with zero attached hydrogens (tertiary/aromatic N) is 1. The number of esters is 1. The Bertz CT molecular complexity index is 1060. The summed E-state index contributed by atoms with van der Waals surface area (Å²) in [6.07, 6.45) is 9.16. The molecule has 0 unspecified atom stereocenters. The number of allylic oxidation sites excluding steroid dienone is 2. The minimum Gasteiger partial charge on any atom is -0.461 e. The molecule has 9 nitrogen and oxygen atoms in total. The van der Waals surface area contributed by atoms with E-state index < -0.39 is 44.2 Å². The Morgan fingerprint density at radius 2 is 1.89 bits per heavy atom. The van der Waals surface area contributed by atoms with Gasteiger partial charge in [-0.15, -0.1) is 0 Å². The molecule has 10 heteroatoms. The Balaban J connectivity index is 1.60. The number of carbonyl (C=O) groups excluding carboxylic acids is 4. The van der Waals surface area contributed by atoms with Crippen molar-refractivity contribution in [2.45, 2.75) is 102 Å². The highest BCUT2D eigenvalue weighted by Gasteiger charge is 2.62. The minimum atomic E-state index is -3.84. The quantitative estimate of drug-likeness (QED) is 0.444. The molecule has 0 aromatic heterocycles. The fraction of sp³-hybridized carbons (Fsp3) is 0.769. The number of ketones is 1. The van der Waals surface area contributed by atoms with Crippen LogP contribution in [0.15, 0.2) is 12.2 Å². The number of carbonyl (C=O) groups is 4. The molecule has 36 heavy (non-hydrogen) atoms. The molecule has 2 aliphatic heterocycles. The molecular weight excluding hydrogens is 484 g/mol. The fourth-order valence-electron chi connectivity index (χ4n) is 5.57. The lowest BCUT2D eigenvalue weighted by atomic mass is 9.91. The van der Waals surface area contributed by atoms with Crippen LogP contribution in [0.1, 0.15) is 85.0 Å². The zero-order valence-electron chi connectivity index (χ0n) is 21.5. The predicted octanol–water partition coefficient (Wildman–Crippen LogP) is 2.64. The van der Waals surface area contributed by atoms with Crippen molar-refractivity contribution in [2.75, 3.05) is 6.54 Å². The fourth-order valence-corrected chi connectivity index (χ4v) is 6.91. The second kappa shape index (κ2) is 9.91. The van der Waals surface area contributed by atoms with Crippen LogP contribution in [0.3, 0.4) is 0 Å². The van der Waals surface area contributed by atoms with Crippen molar-refractivity contribution in [3.8, 4) is 0 Å². The summed E-state index contributed by atoms with van der Waals surface area (Å²) in [7, 11) is -3.84. The molecule has 4 aliphatic rings. The Labute approximate surface area is 213 Å². The molecular formula is C26H38N2O7S. The average Bonchev–Trinajstić information content (AvgIpc) is 3.67. The van der Waals surface area contributed by atoms with Gasteiger partial charge in [-0.25, -0.2) is 8.42 Å². The molecule has 0 radical (unpaired) electrons. The number of Topliss-reactive ketones (excluding diaryl/α,β-unsaturated/α-hetero) is 1. The van der Waals surface area contributed by atoms with Gasteiger partial charge in [0.15, 0.2) is 5.78 Å². The highest BCUT2D eigenvalue weighted by molar-refractivity contribution is 7.91. The molecule has 1 N–H and O–H groups in total. The van der Waals surface area contributed by atoms with E-state index in [1.54, 1.807) is 6.92 Å². The monoisotopic (exact) mass is 522 g/mol. The first-order valence-electron chi connectivity index (χ1n) is 13.1. The zero-order valence-corrected chi connectivity index (χ0v) is 22.3. The number of ether oxygens (including phenoxy) is 1. The largest absolute Gasteiger partial charge is 0.461 e. The SMILES string of the molecule is CC(=O)O[C@@H]1C[C@H]2C(=O)C[C@]3(C(=O)NS(=O)(=O)C4(C)CC4)C[C@H]3/C=C\CCCCC[C@H](C)C(=O)N2C1. The minimum absolute atomic E-state index is 0.147. The number of hydrogen-bond donors (Lipinski definition) is 1. The molecule has 3 fully saturated rings. The van der Waals surface area contributed by atoms with Crippen LogP contribution in [0.5, 0.6) is 0 Å². The van der Waals surface area contributed by atoms with Crippen molar-refractivity contribution >= 4 is 33.6 Å². The van der Waals surface area contributed by atoms with Gasteiger partial charge in [0, 0.05) is 25.7 Å². The van der Waals surface area contributed by atoms with E-state index in [0.717, 1.165) is 25.7 Å². The van der Waals surface area contributed by atoms with Crippen LogP contribution >= 0.6 is 0 Å². The van der Waals surface area contributed by atoms with Crippen molar-refractivity contribution < 1.29 is 32.3 Å². The first-order valence-corrected chi connectivity index (χ1v) is 14.6. The number of nitrogens with one attached hydrogen (secondary N) is 1. The van der Waals surface area contributed by atoms with Gasteiger partial charge in [0.2, 0.25) is 21.8 Å². The first-order chi connectivity index (χ1) is 16.9. The maximum Gasteiger partial charge on any atom is 0.302 e. The summed E-state index contributed by atoms with van der Waals surface area (Å²) in [6, 6.07) is -0.804. The van der Waals surface area contributed by atoms with Gasteiger partial charge in [-0.05, 0) is 51.4 Å². The Morgan fingerprint density at radius 1 is 1.17 bits per heavy atom. The van der Waals surface area contributed by atoms with Crippen LogP contribution in [0, 0.1) is 17.3 Å². The van der Waals surface area contributed by atoms with Crippen LogP contribution < -0.4 is 4.72 Å². The molecule has 0 aromatic rings. The normalized spacial score (nSPS) is 35.5. The summed E-state index contributed by atoms with van der Waals surface area (Å²) < 4.78 is 32.3. The number of hydrogen-bond acceptors (Lipinski definition) is 7. The summed E-state index contributed by atoms with van der Waals surface area (Å²) in [4.78, 5) is 53.4. The second-order valence-electron chi connectivity index (χ2n) is 11.4. The lowest BCUT2D eigenvalue weighted by molar-refractivity contribution is -0.147. The molecule has 2 aliphatic carbocycles. The number of rotatable bonds is 4. The molecule has 5 atom stereocenters. The Kier molecular flexibility index (Phi) is 7.38. The van der Waals surface area contributed by atoms with Gasteiger partial charge in [0.05, 0.1) is 22.7 Å². The molecule has 4 rings (SSSR count). The Hall–Kier alpha value is -2.23. The van der Waals surface area contributed by atoms with Gasteiger partial charge in [-0.3, -0.25) is 23.9 Å². The standard InChI is InChI=1S/C26H38N2O7S/c1-17-9-7-5-4-6-8-10-19-14-26(19,24(32)27-36(33,34)25(3)11-12-25)15-22(30)21-13-20(35-18(2)29)16-28(21)23(17)31/h8,10,17,19-21H,4-7,9,11-16H2,1-3H3,(H,27,32)/b10-8-/t17-,19+,20+,21-,26+/m0/s1. The third-order valence-electron chi connectivity index (χ3n) is 8.45. The molecule has 0 bridgehead atoms. The molecule has 200 valence electrons. The average molecular weight is 523 g/mol. The van der Waals surface area contributed by atoms with Crippen molar-refractivity contribution in [3.05, 3.63) is 12.2 Å². The predicted molar refractivity (Wildman–Crippen MR) is 132 cm³/mol. The lowest BCUT2D eigenvalue weighted by Crippen LogP contribution is -2.46. The van der Waals surface area contributed by atoms with Crippen molar-refractivity contribution in [1.82, 2.24) is 9.62 Å². The van der Waals surface area contributed by atoms with E-state index in [2.05, 4.69) is 4.72 Å². The van der Waals surface area contributed by atoms with E-state index in [0.29, 0.717) is 25.7 Å². The third-order valence-corrected chi connectivity index (χ3v) is 10.6. The number of amides is 2. The molecule has 0 aromatic carbocycles. The van der Waals surface area contributed by atoms with Gasteiger partial charge in [0.25, 0.3) is 0 Å². The summed E-state index contributed by atoms with van der Waals surface area (Å²) in [5.74, 6) is -2.05. The number of sulfonamides is 1. The van der Waals surface area contributed by atoms with Crippen LogP contribution in [-0.4, -0.2) is 60.3 Å². The highest BCUT2D eigenvalue weighted by Crippen LogP contribution is 2.57. The summed E-state index contributed by atoms with van der Waals surface area (Å²) in [5, 5.41) is 0. The van der Waals surface area contributed by atoms with Crippen molar-refractivity contribution in [3.63, 3.8) is 0 Å². The van der Waals surface area contributed by atoms with Crippen LogP contribution in [0.25, 0.3) is 0 Å². The molecule has 1 saturated heterocycles. The van der Waals surface area contributed by atoms with Gasteiger partial charge in [-0.2, -0.15) is 0 Å². The van der Waals surface area contributed by atoms with E-state index in [1.807, 2.05) is 19.1 Å². The topological polar surface area (TPSA) is 127 Å². The maximum absolute atomic E-state index is 13.7. The van der Waals surface area contributed by atoms with Crippen LogP contribution in [0.4, 0.5) is 0 Å². The van der Waals surface area contributed by atoms with Crippen molar-refractivity contribution in [1.29, 1.82) is 0 Å². The molecule has 2 amide bonds. The molecule has 2 heterocycles. The molecule has 0 spiro atoms. The van der Waals surface area contributed by atoms with Crippen LogP contribution in [0.2, 0.25) is 0 Å². The van der Waals surface area contributed by atoms with Crippen molar-refractivity contribution in [2.24, 2.45) is 17.3 Å². The van der Waals surface area contributed by atoms with Crippen LogP contribution in [-0.2, 0) is 33.9 Å². The van der Waals surface area contributed by atoms with E-state index in [1.165, 1.54) is 11.8 Å². The lowest BCUT2D eigenvalue weighted by Gasteiger charge is -2.27. The van der Waals surface area contributed by atoms with E-state index in [-0.39, 0.29) is 42.9 Å². The van der Waals surface area contributed by atoms with E-state index >= 15 is 0 Å². The summed E-state index contributed by atoms with van der Waals surface area (Å²) >= 11 is 0. The van der Waals surface area contributed by atoms with E-state index in [4.69, 9.17) is 4.74 Å². The summed E-state index contributed by atoms with van der Waals surface area (Å²) in [6.45, 7) is 4.92. The second-order valence-corrected chi connectivity index (χ2v) is 13.6. The Morgan fingerprint density at radius 3 is 2.56 bits per heavy atom. The maximum atomic E-state index is 13.7.